The molecule has 0 aromatic rings. The van der Waals surface area contributed by atoms with Crippen LogP contribution in [0.4, 0.5) is 0 Å². The molecule has 0 aromatic heterocycles. The lowest BCUT2D eigenvalue weighted by molar-refractivity contribution is -0.141. The highest BCUT2D eigenvalue weighted by molar-refractivity contribution is 7.55. The van der Waals surface area contributed by atoms with Crippen molar-refractivity contribution in [1.82, 2.24) is 4.90 Å². The number of hydrogen-bond donors (Lipinski definition) is 3. The molecule has 1 atom stereocenters. The van der Waals surface area contributed by atoms with Gasteiger partial charge in [0.2, 0.25) is 0 Å². The van der Waals surface area contributed by atoms with Crippen molar-refractivity contribution < 1.29 is 43.3 Å². The van der Waals surface area contributed by atoms with Gasteiger partial charge in [0.05, 0.1) is 26.3 Å². The molecule has 0 heterocycles. The van der Waals surface area contributed by atoms with Crippen molar-refractivity contribution in [1.29, 1.82) is 0 Å². The van der Waals surface area contributed by atoms with Crippen LogP contribution in [0, 0.1) is 0 Å². The molecule has 0 amide bonds. The molecule has 1 unspecified atom stereocenters. The molecule has 0 aliphatic rings. The number of likely N-dealkylation sites (N-methyl/N-ethyl adjacent to an activating group) is 1. The van der Waals surface area contributed by atoms with E-state index in [1.54, 1.807) is 13.8 Å². The summed E-state index contributed by atoms with van der Waals surface area (Å²) >= 11 is 0. The smallest absolute Gasteiger partial charge is 0.344 e. The van der Waals surface area contributed by atoms with Crippen molar-refractivity contribution in [3.63, 3.8) is 0 Å². The summed E-state index contributed by atoms with van der Waals surface area (Å²) in [7, 11) is -2.03. The van der Waals surface area contributed by atoms with Crippen LogP contribution >= 0.6 is 7.60 Å². The highest BCUT2D eigenvalue weighted by Gasteiger charge is 2.37. The van der Waals surface area contributed by atoms with Crippen molar-refractivity contribution in [3.05, 3.63) is 0 Å². The van der Waals surface area contributed by atoms with Crippen molar-refractivity contribution >= 4 is 25.5 Å². The van der Waals surface area contributed by atoms with E-state index in [-0.39, 0.29) is 26.3 Å². The molecule has 0 aromatic carbocycles. The van der Waals surface area contributed by atoms with Crippen LogP contribution in [0.1, 0.15) is 20.8 Å². The minimum absolute atomic E-state index is 0.175. The van der Waals surface area contributed by atoms with Crippen LogP contribution in [0.15, 0.2) is 0 Å². The first-order chi connectivity index (χ1) is 10.5. The van der Waals surface area contributed by atoms with Crippen LogP contribution in [0.2, 0.25) is 0 Å². The molecular formula is C12H24NO9P. The van der Waals surface area contributed by atoms with Crippen LogP contribution in [0.3, 0.4) is 0 Å². The van der Waals surface area contributed by atoms with Gasteiger partial charge in [-0.2, -0.15) is 0 Å². The highest BCUT2D eigenvalue weighted by Crippen LogP contribution is 2.52. The molecule has 0 saturated heterocycles. The largest absolute Gasteiger partial charge is 0.481 e. The summed E-state index contributed by atoms with van der Waals surface area (Å²) in [6.07, 6.45) is 0. The molecule has 0 rings (SSSR count). The monoisotopic (exact) mass is 357 g/mol. The van der Waals surface area contributed by atoms with Crippen LogP contribution < -0.4 is 0 Å². The topological polar surface area (TPSA) is 151 Å². The molecule has 0 bridgehead atoms. The fourth-order valence-electron chi connectivity index (χ4n) is 1.27. The minimum atomic E-state index is -3.47. The molecule has 0 saturated carbocycles. The molecule has 0 aliphatic heterocycles. The predicted molar refractivity (Wildman–Crippen MR) is 80.7 cm³/mol. The first kappa shape index (κ1) is 23.8. The van der Waals surface area contributed by atoms with Crippen LogP contribution in [0.5, 0.6) is 0 Å². The Morgan fingerprint density at radius 1 is 1.00 bits per heavy atom. The zero-order valence-electron chi connectivity index (χ0n) is 13.6. The van der Waals surface area contributed by atoms with E-state index in [1.807, 2.05) is 0 Å². The maximum absolute atomic E-state index is 11.7. The number of carboxylic acid groups (broad SMARTS) is 3. The Hall–Kier alpha value is -1.48. The maximum atomic E-state index is 11.7. The summed E-state index contributed by atoms with van der Waals surface area (Å²) in [5.41, 5.74) is -1.12. The summed E-state index contributed by atoms with van der Waals surface area (Å²) in [5, 5.41) is 25.0. The standard InChI is InChI=1S/C7H15O5P.C5H9NO4/c1-4-11-13(10,12-5-2)6(3)7(8)9;1-6(2-4(7)8)3-5(9)10/h6H,4-5H2,1-3H3,(H,8,9);2-3H2,1H3,(H,7,8)(H,9,10). The lowest BCUT2D eigenvalue weighted by atomic mass is 10.5. The first-order valence-corrected chi connectivity index (χ1v) is 8.35. The molecular weight excluding hydrogens is 333 g/mol. The van der Waals surface area contributed by atoms with E-state index in [1.165, 1.54) is 18.9 Å². The second-order valence-corrected chi connectivity index (χ2v) is 6.72. The van der Waals surface area contributed by atoms with E-state index in [9.17, 15) is 18.9 Å². The Bertz CT molecular complexity index is 414. The van der Waals surface area contributed by atoms with Gasteiger partial charge in [0.1, 0.15) is 0 Å². The average molecular weight is 357 g/mol. The Kier molecular flexibility index (Phi) is 12.4. The Morgan fingerprint density at radius 3 is 1.57 bits per heavy atom. The normalized spacial score (nSPS) is 12.2. The number of rotatable bonds is 10. The summed E-state index contributed by atoms with van der Waals surface area (Å²) < 4.78 is 21.4. The minimum Gasteiger partial charge on any atom is -0.481 e. The fraction of sp³-hybridized carbons (Fsp3) is 0.750. The Balaban J connectivity index is 0. The van der Waals surface area contributed by atoms with Gasteiger partial charge in [-0.25, -0.2) is 0 Å². The second kappa shape index (κ2) is 12.0. The first-order valence-electron chi connectivity index (χ1n) is 6.73. The molecule has 3 N–H and O–H groups in total. The second-order valence-electron chi connectivity index (χ2n) is 4.35. The van der Waals surface area contributed by atoms with Gasteiger partial charge in [-0.3, -0.25) is 23.8 Å². The molecule has 136 valence electrons. The van der Waals surface area contributed by atoms with E-state index < -0.39 is 31.2 Å². The van der Waals surface area contributed by atoms with Gasteiger partial charge in [0.15, 0.2) is 5.66 Å². The van der Waals surface area contributed by atoms with Gasteiger partial charge in [0, 0.05) is 0 Å². The number of carbonyl (C=O) groups is 3. The van der Waals surface area contributed by atoms with E-state index in [2.05, 4.69) is 0 Å². The molecule has 0 spiro atoms. The third-order valence-electron chi connectivity index (χ3n) is 2.26. The van der Waals surface area contributed by atoms with E-state index in [4.69, 9.17) is 24.4 Å². The van der Waals surface area contributed by atoms with Gasteiger partial charge < -0.3 is 24.4 Å². The lowest BCUT2D eigenvalue weighted by Crippen LogP contribution is -2.30. The van der Waals surface area contributed by atoms with Crippen molar-refractivity contribution in [3.8, 4) is 0 Å². The quantitative estimate of drug-likeness (QED) is 0.479. The maximum Gasteiger partial charge on any atom is 0.344 e. The fourth-order valence-corrected chi connectivity index (χ4v) is 2.79. The molecule has 0 aliphatic carbocycles. The molecule has 0 radical (unpaired) electrons. The summed E-state index contributed by atoms with van der Waals surface area (Å²) in [6, 6.07) is 0. The molecule has 11 heteroatoms. The molecule has 10 nitrogen and oxygen atoms in total. The molecule has 23 heavy (non-hydrogen) atoms. The van der Waals surface area contributed by atoms with Gasteiger partial charge in [-0.05, 0) is 27.8 Å². The zero-order chi connectivity index (χ0) is 18.6. The van der Waals surface area contributed by atoms with Crippen LogP contribution in [-0.4, -0.2) is 77.1 Å². The van der Waals surface area contributed by atoms with Gasteiger partial charge in [-0.1, -0.05) is 0 Å². The summed E-state index contributed by atoms with van der Waals surface area (Å²) in [6.45, 7) is 4.46. The third kappa shape index (κ3) is 11.7. The van der Waals surface area contributed by atoms with E-state index >= 15 is 0 Å². The van der Waals surface area contributed by atoms with Crippen molar-refractivity contribution in [2.24, 2.45) is 0 Å². The lowest BCUT2D eigenvalue weighted by Gasteiger charge is -2.19. The summed E-state index contributed by atoms with van der Waals surface area (Å²) in [5.74, 6) is -3.22. The van der Waals surface area contributed by atoms with Gasteiger partial charge >= 0.3 is 25.5 Å². The van der Waals surface area contributed by atoms with Gasteiger partial charge in [0.25, 0.3) is 0 Å². The number of hydrogen-bond acceptors (Lipinski definition) is 7. The number of aliphatic carboxylic acids is 3. The predicted octanol–water partition coefficient (Wildman–Crippen LogP) is 0.813. The van der Waals surface area contributed by atoms with E-state index in [0.717, 1.165) is 0 Å². The van der Waals surface area contributed by atoms with Crippen LogP contribution in [0.25, 0.3) is 0 Å². The van der Waals surface area contributed by atoms with Crippen LogP contribution in [-0.2, 0) is 28.0 Å². The van der Waals surface area contributed by atoms with E-state index in [0.29, 0.717) is 0 Å². The van der Waals surface area contributed by atoms with Crippen molar-refractivity contribution in [2.75, 3.05) is 33.4 Å². The number of nitrogens with zero attached hydrogens (tertiary/aromatic N) is 1. The number of carboxylic acids is 3. The molecule has 0 fully saturated rings. The Morgan fingerprint density at radius 2 is 1.35 bits per heavy atom. The highest BCUT2D eigenvalue weighted by atomic mass is 31.2. The van der Waals surface area contributed by atoms with Crippen molar-refractivity contribution in [2.45, 2.75) is 26.4 Å². The third-order valence-corrected chi connectivity index (χ3v) is 4.67. The SMILES string of the molecule is CCOP(=O)(OCC)C(C)C(=O)O.CN(CC(=O)O)CC(=O)O. The average Bonchev–Trinajstić information content (AvgIpc) is 2.36. The zero-order valence-corrected chi connectivity index (χ0v) is 14.5. The Labute approximate surface area is 134 Å². The summed E-state index contributed by atoms with van der Waals surface area (Å²) in [4.78, 5) is 31.7. The van der Waals surface area contributed by atoms with Gasteiger partial charge in [-0.15, -0.1) is 0 Å².